The molecule has 1 aromatic heterocycles. The topological polar surface area (TPSA) is 182 Å². The number of carboxylic acids is 2. The van der Waals surface area contributed by atoms with Gasteiger partial charge in [0.2, 0.25) is 5.95 Å². The van der Waals surface area contributed by atoms with E-state index in [1.165, 1.54) is 6.08 Å². The van der Waals surface area contributed by atoms with Crippen LogP contribution >= 0.6 is 0 Å². The van der Waals surface area contributed by atoms with Crippen LogP contribution in [0.1, 0.15) is 50.8 Å². The highest BCUT2D eigenvalue weighted by molar-refractivity contribution is 5.98. The normalized spacial score (nSPS) is 13.1. The van der Waals surface area contributed by atoms with Crippen molar-refractivity contribution in [3.63, 3.8) is 0 Å². The highest BCUT2D eigenvalue weighted by Gasteiger charge is 2.23. The number of nitrogens with two attached hydrogens (primary N) is 2. The molecule has 36 heavy (non-hydrogen) atoms. The smallest absolute Gasteiger partial charge is 0.331 e. The van der Waals surface area contributed by atoms with Crippen LogP contribution in [-0.2, 0) is 14.4 Å². The van der Waals surface area contributed by atoms with Crippen molar-refractivity contribution in [2.75, 3.05) is 11.5 Å². The zero-order chi connectivity index (χ0) is 27.3. The second kappa shape index (κ2) is 14.7. The molecule has 1 atom stereocenters. The van der Waals surface area contributed by atoms with Crippen molar-refractivity contribution in [3.05, 3.63) is 71.5 Å². The van der Waals surface area contributed by atoms with Crippen LogP contribution in [0.25, 0.3) is 12.2 Å². The minimum Gasteiger partial charge on any atom is -0.480 e. The largest absolute Gasteiger partial charge is 0.480 e. The number of carbonyl (C=O) groups excluding carboxylic acids is 1. The lowest BCUT2D eigenvalue weighted by Gasteiger charge is -2.14. The number of nitrogens with zero attached hydrogens (tertiary/aromatic N) is 2. The molecule has 1 aromatic rings. The number of hydrogen-bond acceptors (Lipinski definition) is 7. The summed E-state index contributed by atoms with van der Waals surface area (Å²) >= 11 is 0. The number of allylic oxidation sites excluding steroid dienone is 5. The lowest BCUT2D eigenvalue weighted by atomic mass is 10.1. The van der Waals surface area contributed by atoms with E-state index in [-0.39, 0.29) is 17.1 Å². The number of nitrogens with one attached hydrogen (secondary N) is 1. The first-order valence-corrected chi connectivity index (χ1v) is 11.1. The summed E-state index contributed by atoms with van der Waals surface area (Å²) in [7, 11) is 0. The van der Waals surface area contributed by atoms with Crippen LogP contribution in [0, 0.1) is 0 Å². The van der Waals surface area contributed by atoms with Gasteiger partial charge in [0, 0.05) is 23.1 Å². The summed E-state index contributed by atoms with van der Waals surface area (Å²) in [5.41, 5.74) is 13.9. The number of anilines is 2. The first-order valence-electron chi connectivity index (χ1n) is 11.1. The minimum atomic E-state index is -1.41. The molecule has 0 aliphatic carbocycles. The van der Waals surface area contributed by atoms with Crippen LogP contribution in [0.3, 0.4) is 0 Å². The maximum atomic E-state index is 12.4. The van der Waals surface area contributed by atoms with Crippen LogP contribution in [0.2, 0.25) is 0 Å². The Labute approximate surface area is 210 Å². The molecule has 192 valence electrons. The van der Waals surface area contributed by atoms with Gasteiger partial charge in [-0.25, -0.2) is 14.6 Å². The quantitative estimate of drug-likeness (QED) is 0.146. The van der Waals surface area contributed by atoms with Crippen molar-refractivity contribution < 1.29 is 24.6 Å². The Morgan fingerprint density at radius 3 is 2.42 bits per heavy atom. The highest BCUT2D eigenvalue weighted by atomic mass is 16.4. The molecule has 1 amide bonds. The molecular weight excluding hydrogens is 462 g/mol. The van der Waals surface area contributed by atoms with E-state index in [2.05, 4.69) is 28.4 Å². The van der Waals surface area contributed by atoms with E-state index in [1.54, 1.807) is 12.2 Å². The van der Waals surface area contributed by atoms with Crippen molar-refractivity contribution in [1.82, 2.24) is 15.3 Å². The SMILES string of the molecule is C=CC(=CC/C=C(\C)CC/C=C/c1c(N)nc(N)nc1/C=C\C)C(=O)NC(CC(=C)C(=O)O)C(=O)O. The van der Waals surface area contributed by atoms with E-state index in [9.17, 15) is 19.5 Å². The molecule has 0 saturated heterocycles. The molecule has 7 N–H and O–H groups in total. The number of rotatable bonds is 14. The fraction of sp³-hybridized carbons (Fsp3) is 0.269. The van der Waals surface area contributed by atoms with Gasteiger partial charge in [0.05, 0.1) is 5.69 Å². The van der Waals surface area contributed by atoms with Crippen LogP contribution < -0.4 is 16.8 Å². The summed E-state index contributed by atoms with van der Waals surface area (Å²) in [6, 6.07) is -1.41. The number of carbonyl (C=O) groups is 3. The van der Waals surface area contributed by atoms with Crippen molar-refractivity contribution in [3.8, 4) is 0 Å². The molecule has 0 aliphatic heterocycles. The van der Waals surface area contributed by atoms with Crippen molar-refractivity contribution in [2.24, 2.45) is 0 Å². The molecule has 0 bridgehead atoms. The number of amides is 1. The van der Waals surface area contributed by atoms with E-state index < -0.39 is 30.3 Å². The van der Waals surface area contributed by atoms with Crippen LogP contribution in [0.4, 0.5) is 11.8 Å². The zero-order valence-electron chi connectivity index (χ0n) is 20.5. The molecule has 0 saturated carbocycles. The van der Waals surface area contributed by atoms with Crippen LogP contribution in [0.5, 0.6) is 0 Å². The lowest BCUT2D eigenvalue weighted by molar-refractivity contribution is -0.141. The first-order chi connectivity index (χ1) is 17.0. The molecule has 10 heteroatoms. The van der Waals surface area contributed by atoms with E-state index in [4.69, 9.17) is 16.6 Å². The predicted molar refractivity (Wildman–Crippen MR) is 141 cm³/mol. The Hall–Kier alpha value is -4.47. The summed E-state index contributed by atoms with van der Waals surface area (Å²) in [4.78, 5) is 42.9. The number of carboxylic acid groups (broad SMARTS) is 2. The summed E-state index contributed by atoms with van der Waals surface area (Å²) in [5, 5.41) is 20.5. The molecule has 0 aromatic carbocycles. The average Bonchev–Trinajstić information content (AvgIpc) is 2.80. The second-order valence-corrected chi connectivity index (χ2v) is 7.83. The molecule has 0 spiro atoms. The number of hydrogen-bond donors (Lipinski definition) is 5. The molecule has 10 nitrogen and oxygen atoms in total. The summed E-state index contributed by atoms with van der Waals surface area (Å²) in [5.74, 6) is -2.93. The van der Waals surface area contributed by atoms with E-state index in [0.717, 1.165) is 18.4 Å². The Morgan fingerprint density at radius 2 is 1.83 bits per heavy atom. The van der Waals surface area contributed by atoms with Gasteiger partial charge in [0.25, 0.3) is 5.91 Å². The monoisotopic (exact) mass is 495 g/mol. The standard InChI is InChI=1S/C26H33N5O5/c1-5-10-20-19(22(27)31-26(28)30-20)14-8-7-11-16(3)12-9-13-18(6-2)23(32)29-21(25(35)36)15-17(4)24(33)34/h5-6,8,10,12-14,21H,2,4,7,9,11,15H2,1,3H3,(H,29,32)(H,33,34)(H,35,36)(H4,27,28,30,31)/b10-5-,14-8+,16-12+,18-13?. The number of aliphatic carboxylic acids is 2. The molecule has 1 rings (SSSR count). The zero-order valence-corrected chi connectivity index (χ0v) is 20.5. The maximum absolute atomic E-state index is 12.4. The van der Waals surface area contributed by atoms with Gasteiger partial charge in [0.15, 0.2) is 0 Å². The van der Waals surface area contributed by atoms with Crippen LogP contribution in [0.15, 0.2) is 60.3 Å². The van der Waals surface area contributed by atoms with Gasteiger partial charge >= 0.3 is 11.9 Å². The third-order valence-corrected chi connectivity index (χ3v) is 4.98. The molecule has 0 radical (unpaired) electrons. The first kappa shape index (κ1) is 29.6. The Balaban J connectivity index is 2.74. The summed E-state index contributed by atoms with van der Waals surface area (Å²) in [6.45, 7) is 10.7. The third kappa shape index (κ3) is 9.80. The molecule has 0 aliphatic rings. The average molecular weight is 496 g/mol. The Kier molecular flexibility index (Phi) is 12.1. The third-order valence-electron chi connectivity index (χ3n) is 4.98. The highest BCUT2D eigenvalue weighted by Crippen LogP contribution is 2.19. The maximum Gasteiger partial charge on any atom is 0.331 e. The van der Waals surface area contributed by atoms with Crippen molar-refractivity contribution in [2.45, 2.75) is 45.6 Å². The van der Waals surface area contributed by atoms with Gasteiger partial charge in [-0.2, -0.15) is 4.98 Å². The number of aromatic nitrogens is 2. The van der Waals surface area contributed by atoms with E-state index in [0.29, 0.717) is 23.5 Å². The van der Waals surface area contributed by atoms with Gasteiger partial charge in [-0.3, -0.25) is 4.79 Å². The number of nitrogen functional groups attached to an aromatic ring is 2. The molecule has 1 unspecified atom stereocenters. The Morgan fingerprint density at radius 1 is 1.14 bits per heavy atom. The molecular formula is C26H33N5O5. The van der Waals surface area contributed by atoms with Gasteiger partial charge in [0.1, 0.15) is 11.9 Å². The van der Waals surface area contributed by atoms with Gasteiger partial charge < -0.3 is 27.0 Å². The second-order valence-electron chi connectivity index (χ2n) is 7.83. The minimum absolute atomic E-state index is 0.112. The van der Waals surface area contributed by atoms with Gasteiger partial charge in [-0.05, 0) is 39.2 Å². The van der Waals surface area contributed by atoms with E-state index >= 15 is 0 Å². The molecule has 0 fully saturated rings. The fourth-order valence-corrected chi connectivity index (χ4v) is 3.02. The summed E-state index contributed by atoms with van der Waals surface area (Å²) < 4.78 is 0. The van der Waals surface area contributed by atoms with Crippen molar-refractivity contribution in [1.29, 1.82) is 0 Å². The Bertz CT molecular complexity index is 1130. The van der Waals surface area contributed by atoms with Gasteiger partial charge in [-0.1, -0.05) is 55.2 Å². The molecule has 1 heterocycles. The predicted octanol–water partition coefficient (Wildman–Crippen LogP) is 3.52. The van der Waals surface area contributed by atoms with Crippen molar-refractivity contribution >= 4 is 41.8 Å². The van der Waals surface area contributed by atoms with Crippen LogP contribution in [-0.4, -0.2) is 44.1 Å². The van der Waals surface area contributed by atoms with Gasteiger partial charge in [-0.15, -0.1) is 0 Å². The van der Waals surface area contributed by atoms with E-state index in [1.807, 2.05) is 38.2 Å². The fourth-order valence-electron chi connectivity index (χ4n) is 3.02. The summed E-state index contributed by atoms with van der Waals surface area (Å²) in [6.07, 6.45) is 13.8. The lowest BCUT2D eigenvalue weighted by Crippen LogP contribution is -2.41.